The molecule has 0 aliphatic carbocycles. The molecule has 0 aromatic rings. The summed E-state index contributed by atoms with van der Waals surface area (Å²) < 4.78 is 18.0. The van der Waals surface area contributed by atoms with Crippen LogP contribution < -0.4 is 0 Å². The molecule has 7 nitrogen and oxygen atoms in total. The van der Waals surface area contributed by atoms with Crippen LogP contribution in [0.3, 0.4) is 0 Å². The summed E-state index contributed by atoms with van der Waals surface area (Å²) in [6.45, 7) is 2.47. The second kappa shape index (κ2) is 8.35. The van der Waals surface area contributed by atoms with Gasteiger partial charge in [0.2, 0.25) is 6.34 Å². The minimum Gasteiger partial charge on any atom is -0.478 e. The fourth-order valence-corrected chi connectivity index (χ4v) is 3.95. The van der Waals surface area contributed by atoms with Crippen LogP contribution in [0.25, 0.3) is 0 Å². The van der Waals surface area contributed by atoms with Gasteiger partial charge in [-0.25, -0.2) is 4.79 Å². The highest BCUT2D eigenvalue weighted by molar-refractivity contribution is 6.60. The SMILES string of the molecule is CO[Si](CCN1C=[N+](CC(=O)O)CCCC1)(OC)OC. The van der Waals surface area contributed by atoms with Gasteiger partial charge in [0.05, 0.1) is 25.7 Å². The molecule has 1 heterocycles. The lowest BCUT2D eigenvalue weighted by atomic mass is 10.3. The number of aliphatic carboxylic acids is 1. The predicted octanol–water partition coefficient (Wildman–Crippen LogP) is 0.0857. The van der Waals surface area contributed by atoms with E-state index >= 15 is 0 Å². The van der Waals surface area contributed by atoms with Crippen LogP contribution in [-0.4, -0.2) is 83.2 Å². The molecular formula is C12H25N2O5Si+. The summed E-state index contributed by atoms with van der Waals surface area (Å²) in [7, 11) is 2.23. The van der Waals surface area contributed by atoms with Gasteiger partial charge < -0.3 is 18.4 Å². The van der Waals surface area contributed by atoms with Crippen molar-refractivity contribution in [1.29, 1.82) is 0 Å². The van der Waals surface area contributed by atoms with Gasteiger partial charge in [-0.05, 0) is 12.8 Å². The van der Waals surface area contributed by atoms with Crippen molar-refractivity contribution in [1.82, 2.24) is 4.90 Å². The van der Waals surface area contributed by atoms with Gasteiger partial charge in [-0.2, -0.15) is 0 Å². The molecule has 0 aromatic heterocycles. The molecule has 0 fully saturated rings. The molecule has 0 saturated carbocycles. The molecule has 1 N–H and O–H groups in total. The van der Waals surface area contributed by atoms with E-state index in [4.69, 9.17) is 18.4 Å². The summed E-state index contributed by atoms with van der Waals surface area (Å²) in [5.41, 5.74) is 0. The first-order valence-electron chi connectivity index (χ1n) is 6.75. The molecule has 0 unspecified atom stereocenters. The first-order valence-corrected chi connectivity index (χ1v) is 8.69. The van der Waals surface area contributed by atoms with Crippen molar-refractivity contribution in [3.8, 4) is 0 Å². The third-order valence-electron chi connectivity index (χ3n) is 3.44. The van der Waals surface area contributed by atoms with Crippen LogP contribution in [0.1, 0.15) is 12.8 Å². The van der Waals surface area contributed by atoms with Crippen LogP contribution in [0.2, 0.25) is 6.04 Å². The van der Waals surface area contributed by atoms with Crippen LogP contribution in [-0.2, 0) is 18.1 Å². The fourth-order valence-electron chi connectivity index (χ4n) is 2.28. The van der Waals surface area contributed by atoms with E-state index in [1.54, 1.807) is 21.3 Å². The minimum atomic E-state index is -2.57. The van der Waals surface area contributed by atoms with Crippen molar-refractivity contribution in [2.45, 2.75) is 18.9 Å². The zero-order valence-corrected chi connectivity index (χ0v) is 13.5. The Hall–Kier alpha value is -0.963. The molecular weight excluding hydrogens is 280 g/mol. The topological polar surface area (TPSA) is 71.2 Å². The molecule has 0 saturated heterocycles. The Labute approximate surface area is 121 Å². The van der Waals surface area contributed by atoms with Crippen LogP contribution in [0.15, 0.2) is 0 Å². The van der Waals surface area contributed by atoms with Gasteiger partial charge in [0.1, 0.15) is 0 Å². The summed E-state index contributed by atoms with van der Waals surface area (Å²) >= 11 is 0. The zero-order chi connectivity index (χ0) is 15.0. The van der Waals surface area contributed by atoms with Gasteiger partial charge in [0.25, 0.3) is 0 Å². The Morgan fingerprint density at radius 2 is 1.95 bits per heavy atom. The fraction of sp³-hybridized carbons (Fsp3) is 0.833. The number of carboxylic acid groups (broad SMARTS) is 1. The van der Waals surface area contributed by atoms with E-state index in [2.05, 4.69) is 4.90 Å². The van der Waals surface area contributed by atoms with E-state index in [9.17, 15) is 4.79 Å². The molecule has 1 aliphatic rings. The highest BCUT2D eigenvalue weighted by atomic mass is 28.4. The summed E-state index contributed by atoms with van der Waals surface area (Å²) in [5, 5.41) is 8.88. The van der Waals surface area contributed by atoms with Gasteiger partial charge in [0, 0.05) is 21.3 Å². The Bertz CT molecular complexity index is 338. The summed E-state index contributed by atoms with van der Waals surface area (Å²) in [6, 6.07) is 0.675. The lowest BCUT2D eigenvalue weighted by molar-refractivity contribution is -0.516. The monoisotopic (exact) mass is 305 g/mol. The van der Waals surface area contributed by atoms with Crippen molar-refractivity contribution in [2.24, 2.45) is 0 Å². The summed E-state index contributed by atoms with van der Waals surface area (Å²) in [4.78, 5) is 12.9. The van der Waals surface area contributed by atoms with Gasteiger partial charge in [0.15, 0.2) is 6.54 Å². The maximum atomic E-state index is 10.8. The van der Waals surface area contributed by atoms with Gasteiger partial charge in [-0.15, -0.1) is 0 Å². The maximum absolute atomic E-state index is 10.8. The van der Waals surface area contributed by atoms with Gasteiger partial charge >= 0.3 is 14.8 Å². The molecule has 0 spiro atoms. The van der Waals surface area contributed by atoms with Crippen molar-refractivity contribution in [3.63, 3.8) is 0 Å². The quantitative estimate of drug-likeness (QED) is 0.506. The highest BCUT2D eigenvalue weighted by Gasteiger charge is 2.39. The number of carboxylic acids is 1. The third-order valence-corrected chi connectivity index (χ3v) is 6.15. The van der Waals surface area contributed by atoms with Crippen LogP contribution in [0.4, 0.5) is 0 Å². The molecule has 1 rings (SSSR count). The number of hydrogen-bond donors (Lipinski definition) is 1. The van der Waals surface area contributed by atoms with E-state index in [-0.39, 0.29) is 6.54 Å². The van der Waals surface area contributed by atoms with Gasteiger partial charge in [-0.1, -0.05) is 0 Å². The maximum Gasteiger partial charge on any atom is 0.504 e. The molecule has 116 valence electrons. The van der Waals surface area contributed by atoms with E-state index in [1.807, 2.05) is 10.9 Å². The lowest BCUT2D eigenvalue weighted by Gasteiger charge is -2.25. The van der Waals surface area contributed by atoms with E-state index in [1.165, 1.54) is 0 Å². The number of carbonyl (C=O) groups is 1. The molecule has 1 aliphatic heterocycles. The molecule has 8 heteroatoms. The second-order valence-corrected chi connectivity index (χ2v) is 7.86. The number of rotatable bonds is 8. The van der Waals surface area contributed by atoms with E-state index in [0.29, 0.717) is 6.04 Å². The second-order valence-electron chi connectivity index (χ2n) is 4.77. The smallest absolute Gasteiger partial charge is 0.478 e. The van der Waals surface area contributed by atoms with Crippen LogP contribution in [0, 0.1) is 0 Å². The Balaban J connectivity index is 2.62. The molecule has 0 radical (unpaired) electrons. The Morgan fingerprint density at radius 1 is 1.30 bits per heavy atom. The molecule has 0 amide bonds. The standard InChI is InChI=1S/C12H24N2O5Si/c1-17-20(18-2,19-3)9-8-13-6-4-5-7-14(11-13)10-12(15)16/h11H,4-10H2,1-3H3/p+1. The predicted molar refractivity (Wildman–Crippen MR) is 76.1 cm³/mol. The molecule has 0 aromatic carbocycles. The summed E-state index contributed by atoms with van der Waals surface area (Å²) in [6.07, 6.45) is 3.96. The van der Waals surface area contributed by atoms with Crippen molar-refractivity contribution in [3.05, 3.63) is 0 Å². The highest BCUT2D eigenvalue weighted by Crippen LogP contribution is 2.13. The molecule has 20 heavy (non-hydrogen) atoms. The minimum absolute atomic E-state index is 0.0396. The third kappa shape index (κ3) is 5.20. The molecule has 0 bridgehead atoms. The first-order chi connectivity index (χ1) is 9.55. The first kappa shape index (κ1) is 17.1. The van der Waals surface area contributed by atoms with E-state index < -0.39 is 14.8 Å². The Morgan fingerprint density at radius 3 is 2.50 bits per heavy atom. The normalized spacial score (nSPS) is 16.8. The Kier molecular flexibility index (Phi) is 7.14. The lowest BCUT2D eigenvalue weighted by Crippen LogP contribution is -2.45. The van der Waals surface area contributed by atoms with Crippen molar-refractivity contribution in [2.75, 3.05) is 47.5 Å². The zero-order valence-electron chi connectivity index (χ0n) is 12.5. The number of nitrogens with zero attached hydrogens (tertiary/aromatic N) is 2. The summed E-state index contributed by atoms with van der Waals surface area (Å²) in [5.74, 6) is -0.808. The average molecular weight is 305 g/mol. The largest absolute Gasteiger partial charge is 0.504 e. The van der Waals surface area contributed by atoms with Crippen molar-refractivity contribution < 1.29 is 27.8 Å². The van der Waals surface area contributed by atoms with Crippen LogP contribution >= 0.6 is 0 Å². The van der Waals surface area contributed by atoms with Crippen LogP contribution in [0.5, 0.6) is 0 Å². The van der Waals surface area contributed by atoms with Gasteiger partial charge in [-0.3, -0.25) is 9.48 Å². The van der Waals surface area contributed by atoms with Crippen molar-refractivity contribution >= 4 is 21.1 Å². The van der Waals surface area contributed by atoms with E-state index in [0.717, 1.165) is 32.5 Å². The number of hydrogen-bond acceptors (Lipinski definition) is 5. The molecule has 0 atom stereocenters. The average Bonchev–Trinajstić information content (AvgIpc) is 2.65.